The first-order chi connectivity index (χ1) is 18.9. The number of piperidine rings is 1. The van der Waals surface area contributed by atoms with Crippen LogP contribution in [0.3, 0.4) is 0 Å². The molecule has 6 nitrogen and oxygen atoms in total. The average molecular weight is 539 g/mol. The molecule has 0 amide bonds. The standard InChI is InChI=1S/C32H30N2O4S/c1-23-12-15-26(16-13-23)39(35,36)34-29-11-7-6-10-27(29)32-18-19-33(21-24-8-4-3-5-9-24)22-31(32,34)28-17-14-25(37-2)20-30(28)38-32/h3-17,20H,18-19,21-22H2,1-2H3. The number of fused-ring (bicyclic) bond motifs is 2. The Morgan fingerprint density at radius 2 is 1.64 bits per heavy atom. The number of ether oxygens (including phenoxy) is 2. The first-order valence-electron chi connectivity index (χ1n) is 13.2. The maximum atomic E-state index is 14.7. The highest BCUT2D eigenvalue weighted by atomic mass is 32.2. The monoisotopic (exact) mass is 538 g/mol. The molecule has 4 aromatic rings. The summed E-state index contributed by atoms with van der Waals surface area (Å²) < 4.78 is 43.6. The molecule has 39 heavy (non-hydrogen) atoms. The van der Waals surface area contributed by atoms with Crippen molar-refractivity contribution in [2.45, 2.75) is 35.9 Å². The Balaban J connectivity index is 1.48. The van der Waals surface area contributed by atoms with E-state index in [9.17, 15) is 8.42 Å². The van der Waals surface area contributed by atoms with E-state index < -0.39 is 21.2 Å². The minimum atomic E-state index is -3.97. The topological polar surface area (TPSA) is 59.1 Å². The number of nitrogens with zero attached hydrogens (tertiary/aromatic N) is 2. The molecule has 1 fully saturated rings. The summed E-state index contributed by atoms with van der Waals surface area (Å²) >= 11 is 0. The predicted octanol–water partition coefficient (Wildman–Crippen LogP) is 5.60. The maximum Gasteiger partial charge on any atom is 0.265 e. The number of hydrogen-bond donors (Lipinski definition) is 0. The van der Waals surface area contributed by atoms with E-state index in [0.29, 0.717) is 30.2 Å². The Labute approximate surface area is 229 Å². The molecule has 0 bridgehead atoms. The Morgan fingerprint density at radius 3 is 2.41 bits per heavy atom. The van der Waals surface area contributed by atoms with Crippen LogP contribution in [0.4, 0.5) is 5.69 Å². The van der Waals surface area contributed by atoms with Crippen molar-refractivity contribution in [3.05, 3.63) is 119 Å². The lowest BCUT2D eigenvalue weighted by Gasteiger charge is -2.50. The van der Waals surface area contributed by atoms with E-state index in [1.54, 1.807) is 23.5 Å². The molecule has 2 unspecified atom stereocenters. The highest BCUT2D eigenvalue weighted by Crippen LogP contribution is 2.67. The van der Waals surface area contributed by atoms with Crippen molar-refractivity contribution in [3.8, 4) is 11.5 Å². The molecule has 3 heterocycles. The molecule has 1 saturated heterocycles. The van der Waals surface area contributed by atoms with Gasteiger partial charge in [-0.1, -0.05) is 66.2 Å². The molecule has 0 aliphatic carbocycles. The normalized spacial score (nSPS) is 23.4. The molecule has 198 valence electrons. The van der Waals surface area contributed by atoms with Crippen molar-refractivity contribution in [1.29, 1.82) is 0 Å². The molecule has 4 aromatic carbocycles. The summed E-state index contributed by atoms with van der Waals surface area (Å²) in [6, 6.07) is 31.1. The van der Waals surface area contributed by atoms with Gasteiger partial charge in [-0.15, -0.1) is 0 Å². The molecule has 7 rings (SSSR count). The summed E-state index contributed by atoms with van der Waals surface area (Å²) in [5.41, 5.74) is 2.82. The summed E-state index contributed by atoms with van der Waals surface area (Å²) in [6.45, 7) is 3.94. The molecule has 0 N–H and O–H groups in total. The van der Waals surface area contributed by atoms with Crippen molar-refractivity contribution in [2.24, 2.45) is 0 Å². The van der Waals surface area contributed by atoms with Crippen LogP contribution in [0.5, 0.6) is 11.5 Å². The Kier molecular flexibility index (Phi) is 5.34. The second kappa shape index (κ2) is 8.60. The second-order valence-corrected chi connectivity index (χ2v) is 12.5. The van der Waals surface area contributed by atoms with Gasteiger partial charge in [0.15, 0.2) is 5.60 Å². The number of para-hydroxylation sites is 1. The zero-order valence-corrected chi connectivity index (χ0v) is 22.8. The van der Waals surface area contributed by atoms with Crippen molar-refractivity contribution in [3.63, 3.8) is 0 Å². The van der Waals surface area contributed by atoms with E-state index in [4.69, 9.17) is 9.47 Å². The highest BCUT2D eigenvalue weighted by molar-refractivity contribution is 7.93. The fraction of sp³-hybridized carbons (Fsp3) is 0.250. The summed E-state index contributed by atoms with van der Waals surface area (Å²) in [5, 5.41) is 0. The molecule has 0 saturated carbocycles. The Bertz CT molecular complexity index is 1670. The van der Waals surface area contributed by atoms with Crippen LogP contribution >= 0.6 is 0 Å². The molecular formula is C32H30N2O4S. The minimum absolute atomic E-state index is 0.273. The van der Waals surface area contributed by atoms with E-state index in [2.05, 4.69) is 17.0 Å². The fourth-order valence-electron chi connectivity index (χ4n) is 6.81. The molecule has 0 spiro atoms. The number of anilines is 1. The molecule has 3 aliphatic heterocycles. The Morgan fingerprint density at radius 1 is 0.897 bits per heavy atom. The highest BCUT2D eigenvalue weighted by Gasteiger charge is 2.73. The third kappa shape index (κ3) is 3.33. The van der Waals surface area contributed by atoms with Crippen molar-refractivity contribution in [1.82, 2.24) is 4.90 Å². The van der Waals surface area contributed by atoms with Gasteiger partial charge >= 0.3 is 0 Å². The van der Waals surface area contributed by atoms with Crippen LogP contribution in [0, 0.1) is 6.92 Å². The van der Waals surface area contributed by atoms with Gasteiger partial charge in [0.2, 0.25) is 0 Å². The van der Waals surface area contributed by atoms with Crippen LogP contribution in [0.15, 0.2) is 102 Å². The third-order valence-corrected chi connectivity index (χ3v) is 10.4. The van der Waals surface area contributed by atoms with Crippen LogP contribution in [0.1, 0.15) is 28.7 Å². The predicted molar refractivity (Wildman–Crippen MR) is 151 cm³/mol. The average Bonchev–Trinajstić information content (AvgIpc) is 3.38. The minimum Gasteiger partial charge on any atom is -0.497 e. The molecule has 7 heteroatoms. The molecule has 2 atom stereocenters. The van der Waals surface area contributed by atoms with Gasteiger partial charge in [-0.2, -0.15) is 0 Å². The van der Waals surface area contributed by atoms with Crippen LogP contribution in [-0.2, 0) is 27.7 Å². The summed E-state index contributed by atoms with van der Waals surface area (Å²) in [6.07, 6.45) is 0.647. The zero-order chi connectivity index (χ0) is 26.8. The number of hydrogen-bond acceptors (Lipinski definition) is 5. The van der Waals surface area contributed by atoms with Crippen LogP contribution in [0.2, 0.25) is 0 Å². The van der Waals surface area contributed by atoms with Gasteiger partial charge in [-0.05, 0) is 42.8 Å². The molecule has 0 radical (unpaired) electrons. The largest absolute Gasteiger partial charge is 0.497 e. The van der Waals surface area contributed by atoms with Gasteiger partial charge in [-0.3, -0.25) is 4.90 Å². The van der Waals surface area contributed by atoms with Crippen molar-refractivity contribution < 1.29 is 17.9 Å². The fourth-order valence-corrected chi connectivity index (χ4v) is 8.63. The second-order valence-electron chi connectivity index (χ2n) is 10.7. The summed E-state index contributed by atoms with van der Waals surface area (Å²) in [7, 11) is -2.34. The van der Waals surface area contributed by atoms with E-state index in [0.717, 1.165) is 29.8 Å². The molecular weight excluding hydrogens is 508 g/mol. The molecule has 3 aliphatic rings. The van der Waals surface area contributed by atoms with Gasteiger partial charge < -0.3 is 9.47 Å². The van der Waals surface area contributed by atoms with Gasteiger partial charge in [0.1, 0.15) is 17.0 Å². The lowest BCUT2D eigenvalue weighted by atomic mass is 9.71. The van der Waals surface area contributed by atoms with Gasteiger partial charge in [0, 0.05) is 43.2 Å². The Hall–Kier alpha value is -3.81. The smallest absolute Gasteiger partial charge is 0.265 e. The SMILES string of the molecule is COc1ccc2c(c1)OC13CCN(Cc4ccccc4)CC21N(S(=O)(=O)c1ccc(C)cc1)c1ccccc13. The van der Waals surface area contributed by atoms with Crippen LogP contribution in [0.25, 0.3) is 0 Å². The number of aryl methyl sites for hydroxylation is 1. The van der Waals surface area contributed by atoms with Gasteiger partial charge in [0.25, 0.3) is 10.0 Å². The van der Waals surface area contributed by atoms with Gasteiger partial charge in [-0.25, -0.2) is 12.7 Å². The lowest BCUT2D eigenvalue weighted by molar-refractivity contribution is -0.0401. The van der Waals surface area contributed by atoms with Crippen molar-refractivity contribution in [2.75, 3.05) is 24.5 Å². The number of sulfonamides is 1. The number of methoxy groups -OCH3 is 1. The lowest BCUT2D eigenvalue weighted by Crippen LogP contribution is -2.65. The van der Waals surface area contributed by atoms with E-state index in [-0.39, 0.29) is 4.90 Å². The summed E-state index contributed by atoms with van der Waals surface area (Å²) in [5.74, 6) is 1.36. The van der Waals surface area contributed by atoms with Gasteiger partial charge in [0.05, 0.1) is 17.7 Å². The summed E-state index contributed by atoms with van der Waals surface area (Å²) in [4.78, 5) is 2.63. The maximum absolute atomic E-state index is 14.7. The van der Waals surface area contributed by atoms with Crippen LogP contribution in [-0.4, -0.2) is 33.5 Å². The first kappa shape index (κ1) is 24.2. The molecule has 0 aromatic heterocycles. The van der Waals surface area contributed by atoms with Crippen molar-refractivity contribution >= 4 is 15.7 Å². The number of rotatable bonds is 5. The zero-order valence-electron chi connectivity index (χ0n) is 22.0. The number of benzene rings is 4. The first-order valence-corrected chi connectivity index (χ1v) is 14.7. The third-order valence-electron chi connectivity index (χ3n) is 8.53. The quantitative estimate of drug-likeness (QED) is 0.331. The van der Waals surface area contributed by atoms with E-state index >= 15 is 0 Å². The van der Waals surface area contributed by atoms with E-state index in [1.807, 2.05) is 79.7 Å². The van der Waals surface area contributed by atoms with E-state index in [1.165, 1.54) is 5.56 Å². The number of likely N-dealkylation sites (tertiary alicyclic amines) is 1. The van der Waals surface area contributed by atoms with Crippen LogP contribution < -0.4 is 13.8 Å².